The summed E-state index contributed by atoms with van der Waals surface area (Å²) in [5.74, 6) is -0.0890. The minimum Gasteiger partial charge on any atom is -0.482 e. The summed E-state index contributed by atoms with van der Waals surface area (Å²) in [7, 11) is 1.55. The molecular formula is C25H26ClFN4O4. The lowest BCUT2D eigenvalue weighted by Crippen LogP contribution is -2.54. The second-order valence-corrected chi connectivity index (χ2v) is 8.95. The van der Waals surface area contributed by atoms with Crippen LogP contribution in [0, 0.1) is 5.82 Å². The number of piperazine rings is 1. The van der Waals surface area contributed by atoms with Crippen LogP contribution in [0.1, 0.15) is 12.5 Å². The van der Waals surface area contributed by atoms with Crippen molar-refractivity contribution in [2.45, 2.75) is 19.5 Å². The molecule has 35 heavy (non-hydrogen) atoms. The summed E-state index contributed by atoms with van der Waals surface area (Å²) < 4.78 is 18.9. The summed E-state index contributed by atoms with van der Waals surface area (Å²) in [6.07, 6.45) is 0. The number of halogens is 2. The van der Waals surface area contributed by atoms with Crippen molar-refractivity contribution in [3.63, 3.8) is 0 Å². The Kier molecular flexibility index (Phi) is 7.37. The van der Waals surface area contributed by atoms with E-state index in [1.165, 1.54) is 12.1 Å². The first kappa shape index (κ1) is 24.7. The highest BCUT2D eigenvalue weighted by molar-refractivity contribution is 6.31. The van der Waals surface area contributed by atoms with Gasteiger partial charge in [0.2, 0.25) is 0 Å². The Balaban J connectivity index is 1.36. The molecule has 10 heteroatoms. The lowest BCUT2D eigenvalue weighted by molar-refractivity contribution is -0.137. The number of anilines is 3. The van der Waals surface area contributed by atoms with Crippen LogP contribution < -0.4 is 26.2 Å². The van der Waals surface area contributed by atoms with E-state index in [-0.39, 0.29) is 35.7 Å². The molecule has 0 aliphatic carbocycles. The van der Waals surface area contributed by atoms with Gasteiger partial charge < -0.3 is 20.3 Å². The highest BCUT2D eigenvalue weighted by atomic mass is 35.5. The number of carbonyl (C=O) groups is 1. The molecule has 0 radical (unpaired) electrons. The molecule has 3 aromatic carbocycles. The smallest absolute Gasteiger partial charge is 0.260 e. The Morgan fingerprint density at radius 3 is 2.51 bits per heavy atom. The summed E-state index contributed by atoms with van der Waals surface area (Å²) >= 11 is 6.10. The molecular weight excluding hydrogens is 475 g/mol. The summed E-state index contributed by atoms with van der Waals surface area (Å²) in [5.41, 5.74) is 0.482. The molecule has 8 nitrogen and oxygen atoms in total. The van der Waals surface area contributed by atoms with Crippen LogP contribution in [0.15, 0.2) is 52.1 Å². The first-order valence-electron chi connectivity index (χ1n) is 11.2. The van der Waals surface area contributed by atoms with Crippen LogP contribution in [-0.2, 0) is 11.3 Å². The van der Waals surface area contributed by atoms with Gasteiger partial charge in [0.1, 0.15) is 22.9 Å². The Labute approximate surface area is 206 Å². The summed E-state index contributed by atoms with van der Waals surface area (Å²) in [6, 6.07) is 11.2. The van der Waals surface area contributed by atoms with Crippen molar-refractivity contribution in [1.82, 2.24) is 9.80 Å². The van der Waals surface area contributed by atoms with Gasteiger partial charge in [-0.15, -0.1) is 0 Å². The average Bonchev–Trinajstić information content (AvgIpc) is 2.84. The molecule has 0 unspecified atom stereocenters. The lowest BCUT2D eigenvalue weighted by atomic mass is 10.1. The molecule has 0 aromatic heterocycles. The van der Waals surface area contributed by atoms with Crippen LogP contribution in [0.4, 0.5) is 21.5 Å². The Morgan fingerprint density at radius 2 is 1.83 bits per heavy atom. The number of hydrogen-bond donors (Lipinski definition) is 2. The van der Waals surface area contributed by atoms with Gasteiger partial charge in [-0.1, -0.05) is 23.7 Å². The number of hydrogen-bond acceptors (Lipinski definition) is 7. The molecule has 184 valence electrons. The van der Waals surface area contributed by atoms with Crippen LogP contribution >= 0.6 is 11.6 Å². The molecule has 2 N–H and O–H groups in total. The summed E-state index contributed by atoms with van der Waals surface area (Å²) in [5, 5.41) is 6.00. The van der Waals surface area contributed by atoms with Crippen molar-refractivity contribution in [3.05, 3.63) is 79.3 Å². The molecule has 0 bridgehead atoms. The molecule has 3 aromatic rings. The molecule has 1 atom stereocenters. The van der Waals surface area contributed by atoms with Gasteiger partial charge in [0, 0.05) is 44.3 Å². The van der Waals surface area contributed by atoms with Gasteiger partial charge >= 0.3 is 0 Å². The number of amides is 1. The fourth-order valence-electron chi connectivity index (χ4n) is 4.23. The third-order valence-corrected chi connectivity index (χ3v) is 6.30. The summed E-state index contributed by atoms with van der Waals surface area (Å²) in [4.78, 5) is 40.5. The molecule has 1 fully saturated rings. The maximum atomic E-state index is 13.1. The third kappa shape index (κ3) is 5.47. The van der Waals surface area contributed by atoms with Gasteiger partial charge in [-0.3, -0.25) is 19.3 Å². The number of nitrogens with zero attached hydrogens (tertiary/aromatic N) is 2. The second kappa shape index (κ2) is 10.5. The number of carbonyl (C=O) groups excluding carboxylic acids is 1. The van der Waals surface area contributed by atoms with Gasteiger partial charge in [0.25, 0.3) is 16.8 Å². The summed E-state index contributed by atoms with van der Waals surface area (Å²) in [6.45, 7) is 4.41. The SMILES string of the molecule is CNc1c(Nc2cc(Cl)ccc2OCC(=O)N2CCN(Cc3ccc(F)cc3)C[C@H]2C)c(=O)c1=O. The molecule has 4 rings (SSSR count). The molecule has 0 spiro atoms. The largest absolute Gasteiger partial charge is 0.482 e. The molecule has 1 amide bonds. The van der Waals surface area contributed by atoms with E-state index in [1.54, 1.807) is 42.3 Å². The zero-order chi connectivity index (χ0) is 25.1. The van der Waals surface area contributed by atoms with Crippen molar-refractivity contribution in [2.75, 3.05) is 43.9 Å². The predicted molar refractivity (Wildman–Crippen MR) is 134 cm³/mol. The van der Waals surface area contributed by atoms with Crippen LogP contribution in [0.2, 0.25) is 5.02 Å². The van der Waals surface area contributed by atoms with Crippen molar-refractivity contribution in [2.24, 2.45) is 0 Å². The van der Waals surface area contributed by atoms with Gasteiger partial charge in [-0.05, 0) is 42.8 Å². The van der Waals surface area contributed by atoms with Crippen molar-refractivity contribution >= 4 is 34.6 Å². The van der Waals surface area contributed by atoms with E-state index >= 15 is 0 Å². The van der Waals surface area contributed by atoms with Gasteiger partial charge in [-0.25, -0.2) is 4.39 Å². The Bertz CT molecular complexity index is 1290. The molecule has 1 heterocycles. The van der Waals surface area contributed by atoms with E-state index in [2.05, 4.69) is 15.5 Å². The maximum Gasteiger partial charge on any atom is 0.260 e. The molecule has 1 saturated heterocycles. The molecule has 1 aliphatic rings. The first-order chi connectivity index (χ1) is 16.8. The zero-order valence-electron chi connectivity index (χ0n) is 19.4. The number of nitrogens with one attached hydrogen (secondary N) is 2. The monoisotopic (exact) mass is 500 g/mol. The number of rotatable bonds is 8. The first-order valence-corrected chi connectivity index (χ1v) is 11.6. The number of ether oxygens (including phenoxy) is 1. The standard InChI is InChI=1S/C25H26ClFN4O4/c1-15-12-30(13-16-3-6-18(27)7-4-16)9-10-31(15)21(32)14-35-20-8-5-17(26)11-19(20)29-23-22(28-2)24(33)25(23)34/h3-8,11,15,28-29H,9-10,12-14H2,1-2H3/t15-/m1/s1. The average molecular weight is 501 g/mol. The highest BCUT2D eigenvalue weighted by Gasteiger charge is 2.28. The van der Waals surface area contributed by atoms with Crippen molar-refractivity contribution in [3.8, 4) is 5.75 Å². The van der Waals surface area contributed by atoms with Crippen molar-refractivity contribution in [1.29, 1.82) is 0 Å². The Hall–Kier alpha value is -3.43. The fourth-order valence-corrected chi connectivity index (χ4v) is 4.40. The van der Waals surface area contributed by atoms with Gasteiger partial charge in [-0.2, -0.15) is 0 Å². The van der Waals surface area contributed by atoms with E-state index in [0.29, 0.717) is 42.6 Å². The van der Waals surface area contributed by atoms with E-state index in [4.69, 9.17) is 16.3 Å². The highest BCUT2D eigenvalue weighted by Crippen LogP contribution is 2.32. The predicted octanol–water partition coefficient (Wildman–Crippen LogP) is 2.97. The van der Waals surface area contributed by atoms with Crippen LogP contribution in [0.5, 0.6) is 5.75 Å². The van der Waals surface area contributed by atoms with Crippen LogP contribution in [-0.4, -0.2) is 55.0 Å². The Morgan fingerprint density at radius 1 is 1.11 bits per heavy atom. The van der Waals surface area contributed by atoms with Gasteiger partial charge in [0.05, 0.1) is 5.69 Å². The van der Waals surface area contributed by atoms with E-state index in [9.17, 15) is 18.8 Å². The van der Waals surface area contributed by atoms with E-state index in [1.807, 2.05) is 6.92 Å². The van der Waals surface area contributed by atoms with Crippen LogP contribution in [0.25, 0.3) is 0 Å². The minimum absolute atomic E-state index is 0.0231. The molecule has 1 aliphatic heterocycles. The fraction of sp³-hybridized carbons (Fsp3) is 0.320. The topological polar surface area (TPSA) is 91.0 Å². The normalized spacial score (nSPS) is 16.3. The quantitative estimate of drug-likeness (QED) is 0.459. The maximum absolute atomic E-state index is 13.1. The third-order valence-electron chi connectivity index (χ3n) is 6.06. The van der Waals surface area contributed by atoms with Crippen molar-refractivity contribution < 1.29 is 13.9 Å². The van der Waals surface area contributed by atoms with E-state index < -0.39 is 10.9 Å². The number of benzene rings is 2. The lowest BCUT2D eigenvalue weighted by Gasteiger charge is -2.39. The van der Waals surface area contributed by atoms with Gasteiger partial charge in [0.15, 0.2) is 6.61 Å². The van der Waals surface area contributed by atoms with E-state index in [0.717, 1.165) is 5.56 Å². The minimum atomic E-state index is -0.635. The molecule has 0 saturated carbocycles. The van der Waals surface area contributed by atoms with Crippen LogP contribution in [0.3, 0.4) is 0 Å². The zero-order valence-corrected chi connectivity index (χ0v) is 20.2. The second-order valence-electron chi connectivity index (χ2n) is 8.51.